The fraction of sp³-hybridized carbons (Fsp3) is 0.538. The molecule has 82 valence electrons. The van der Waals surface area contributed by atoms with E-state index in [9.17, 15) is 0 Å². The molecule has 1 aliphatic carbocycles. The van der Waals surface area contributed by atoms with Crippen molar-refractivity contribution in [2.24, 2.45) is 5.92 Å². The number of hydrogen-bond donors (Lipinski definition) is 0. The fourth-order valence-electron chi connectivity index (χ4n) is 1.82. The average Bonchev–Trinajstić information content (AvgIpc) is 3.04. The summed E-state index contributed by atoms with van der Waals surface area (Å²) in [7, 11) is 0. The highest BCUT2D eigenvalue weighted by Gasteiger charge is 2.23. The van der Waals surface area contributed by atoms with Gasteiger partial charge < -0.3 is 0 Å². The van der Waals surface area contributed by atoms with Crippen molar-refractivity contribution in [2.45, 2.75) is 26.3 Å². The summed E-state index contributed by atoms with van der Waals surface area (Å²) in [6.07, 6.45) is 2.86. The number of hydrogen-bond acceptors (Lipinski definition) is 1. The van der Waals surface area contributed by atoms with Crippen LogP contribution in [0.5, 0.6) is 0 Å². The predicted molar refractivity (Wildman–Crippen MR) is 65.1 cm³/mol. The van der Waals surface area contributed by atoms with Gasteiger partial charge >= 0.3 is 0 Å². The molecular formula is C13H18ClN. The molecule has 0 saturated heterocycles. The van der Waals surface area contributed by atoms with Gasteiger partial charge in [0.15, 0.2) is 0 Å². The molecule has 0 atom stereocenters. The van der Waals surface area contributed by atoms with Crippen LogP contribution in [-0.4, -0.2) is 18.0 Å². The lowest BCUT2D eigenvalue weighted by atomic mass is 10.2. The lowest BCUT2D eigenvalue weighted by Gasteiger charge is -2.20. The Morgan fingerprint density at radius 3 is 2.47 bits per heavy atom. The first-order chi connectivity index (χ1) is 7.28. The van der Waals surface area contributed by atoms with Gasteiger partial charge in [-0.25, -0.2) is 0 Å². The van der Waals surface area contributed by atoms with Gasteiger partial charge in [-0.2, -0.15) is 0 Å². The molecule has 1 aromatic rings. The Kier molecular flexibility index (Phi) is 3.66. The van der Waals surface area contributed by atoms with E-state index in [2.05, 4.69) is 24.0 Å². The molecule has 0 aliphatic heterocycles. The molecule has 1 nitrogen and oxygen atoms in total. The van der Waals surface area contributed by atoms with Crippen LogP contribution in [0.1, 0.15) is 25.3 Å². The second-order valence-corrected chi connectivity index (χ2v) is 4.83. The fourth-order valence-corrected chi connectivity index (χ4v) is 1.95. The summed E-state index contributed by atoms with van der Waals surface area (Å²) in [5.74, 6) is 0.970. The van der Waals surface area contributed by atoms with Gasteiger partial charge in [-0.3, -0.25) is 4.90 Å². The highest BCUT2D eigenvalue weighted by Crippen LogP contribution is 2.30. The van der Waals surface area contributed by atoms with E-state index in [1.54, 1.807) is 0 Å². The predicted octanol–water partition coefficient (Wildman–Crippen LogP) is 3.57. The normalized spacial score (nSPS) is 15.9. The molecule has 0 unspecified atom stereocenters. The SMILES string of the molecule is CCN(Cc1ccc(Cl)cc1)CC1CC1. The monoisotopic (exact) mass is 223 g/mol. The van der Waals surface area contributed by atoms with Gasteiger partial charge in [0.1, 0.15) is 0 Å². The van der Waals surface area contributed by atoms with Gasteiger partial charge in [0, 0.05) is 18.1 Å². The highest BCUT2D eigenvalue weighted by molar-refractivity contribution is 6.30. The molecule has 0 spiro atoms. The Labute approximate surface area is 97.0 Å². The van der Waals surface area contributed by atoms with Gasteiger partial charge in [0.05, 0.1) is 0 Å². The van der Waals surface area contributed by atoms with Crippen LogP contribution in [0.3, 0.4) is 0 Å². The molecule has 0 N–H and O–H groups in total. The van der Waals surface area contributed by atoms with Crippen molar-refractivity contribution in [3.63, 3.8) is 0 Å². The number of benzene rings is 1. The van der Waals surface area contributed by atoms with Gasteiger partial charge in [-0.15, -0.1) is 0 Å². The van der Waals surface area contributed by atoms with Crippen LogP contribution >= 0.6 is 11.6 Å². The molecule has 1 aliphatic rings. The molecule has 0 radical (unpaired) electrons. The molecule has 0 heterocycles. The number of nitrogens with zero attached hydrogens (tertiary/aromatic N) is 1. The lowest BCUT2D eigenvalue weighted by Crippen LogP contribution is -2.25. The summed E-state index contributed by atoms with van der Waals surface area (Å²) >= 11 is 5.86. The first-order valence-corrected chi connectivity index (χ1v) is 6.12. The summed E-state index contributed by atoms with van der Waals surface area (Å²) in [6, 6.07) is 8.19. The van der Waals surface area contributed by atoms with Crippen LogP contribution in [0, 0.1) is 5.92 Å². The van der Waals surface area contributed by atoms with E-state index in [1.807, 2.05) is 12.1 Å². The van der Waals surface area contributed by atoms with Crippen LogP contribution in [0.2, 0.25) is 5.02 Å². The van der Waals surface area contributed by atoms with Crippen LogP contribution in [-0.2, 0) is 6.54 Å². The number of halogens is 1. The van der Waals surface area contributed by atoms with Crippen molar-refractivity contribution < 1.29 is 0 Å². The third-order valence-corrected chi connectivity index (χ3v) is 3.23. The van der Waals surface area contributed by atoms with E-state index >= 15 is 0 Å². The first kappa shape index (κ1) is 11.0. The third kappa shape index (κ3) is 3.51. The molecule has 2 rings (SSSR count). The molecule has 1 saturated carbocycles. The molecule has 1 fully saturated rings. The van der Waals surface area contributed by atoms with Crippen molar-refractivity contribution >= 4 is 11.6 Å². The minimum absolute atomic E-state index is 0.823. The molecule has 0 bridgehead atoms. The van der Waals surface area contributed by atoms with Crippen molar-refractivity contribution in [1.29, 1.82) is 0 Å². The van der Waals surface area contributed by atoms with Crippen LogP contribution in [0.4, 0.5) is 0 Å². The third-order valence-electron chi connectivity index (χ3n) is 2.98. The summed E-state index contributed by atoms with van der Waals surface area (Å²) in [5, 5.41) is 0.823. The Morgan fingerprint density at radius 1 is 1.27 bits per heavy atom. The van der Waals surface area contributed by atoms with Gasteiger partial charge in [0.2, 0.25) is 0 Å². The number of rotatable bonds is 5. The first-order valence-electron chi connectivity index (χ1n) is 5.74. The minimum atomic E-state index is 0.823. The highest BCUT2D eigenvalue weighted by atomic mass is 35.5. The van der Waals surface area contributed by atoms with E-state index < -0.39 is 0 Å². The summed E-state index contributed by atoms with van der Waals surface area (Å²) < 4.78 is 0. The largest absolute Gasteiger partial charge is 0.299 e. The van der Waals surface area contributed by atoms with E-state index in [0.717, 1.165) is 24.0 Å². The molecule has 0 aromatic heterocycles. The van der Waals surface area contributed by atoms with Crippen molar-refractivity contribution in [3.05, 3.63) is 34.9 Å². The molecule has 15 heavy (non-hydrogen) atoms. The average molecular weight is 224 g/mol. The standard InChI is InChI=1S/C13H18ClN/c1-2-15(9-11-3-4-11)10-12-5-7-13(14)8-6-12/h5-8,11H,2-4,9-10H2,1H3. The van der Waals surface area contributed by atoms with Crippen LogP contribution in [0.25, 0.3) is 0 Å². The zero-order chi connectivity index (χ0) is 10.7. The zero-order valence-corrected chi connectivity index (χ0v) is 10.0. The topological polar surface area (TPSA) is 3.24 Å². The van der Waals surface area contributed by atoms with Crippen LogP contribution < -0.4 is 0 Å². The van der Waals surface area contributed by atoms with Crippen molar-refractivity contribution in [2.75, 3.05) is 13.1 Å². The summed E-state index contributed by atoms with van der Waals surface area (Å²) in [6.45, 7) is 5.70. The second-order valence-electron chi connectivity index (χ2n) is 4.40. The van der Waals surface area contributed by atoms with E-state index in [-0.39, 0.29) is 0 Å². The van der Waals surface area contributed by atoms with Crippen molar-refractivity contribution in [3.8, 4) is 0 Å². The van der Waals surface area contributed by atoms with E-state index in [4.69, 9.17) is 11.6 Å². The Morgan fingerprint density at radius 2 is 1.93 bits per heavy atom. The van der Waals surface area contributed by atoms with Crippen molar-refractivity contribution in [1.82, 2.24) is 4.90 Å². The molecular weight excluding hydrogens is 206 g/mol. The Balaban J connectivity index is 1.89. The molecule has 2 heteroatoms. The van der Waals surface area contributed by atoms with Gasteiger partial charge in [-0.1, -0.05) is 30.7 Å². The lowest BCUT2D eigenvalue weighted by molar-refractivity contribution is 0.268. The minimum Gasteiger partial charge on any atom is -0.299 e. The van der Waals surface area contributed by atoms with E-state index in [1.165, 1.54) is 24.9 Å². The van der Waals surface area contributed by atoms with Crippen LogP contribution in [0.15, 0.2) is 24.3 Å². The molecule has 1 aromatic carbocycles. The van der Waals surface area contributed by atoms with Gasteiger partial charge in [-0.05, 0) is 43.0 Å². The zero-order valence-electron chi connectivity index (χ0n) is 9.25. The summed E-state index contributed by atoms with van der Waals surface area (Å²) in [5.41, 5.74) is 1.36. The second kappa shape index (κ2) is 5.00. The molecule has 0 amide bonds. The quantitative estimate of drug-likeness (QED) is 0.738. The summed E-state index contributed by atoms with van der Waals surface area (Å²) in [4.78, 5) is 2.51. The van der Waals surface area contributed by atoms with E-state index in [0.29, 0.717) is 0 Å². The Bertz CT molecular complexity index is 303. The van der Waals surface area contributed by atoms with Gasteiger partial charge in [0.25, 0.3) is 0 Å². The maximum absolute atomic E-state index is 5.86. The maximum atomic E-state index is 5.86. The smallest absolute Gasteiger partial charge is 0.0406 e. The maximum Gasteiger partial charge on any atom is 0.0406 e. The Hall–Kier alpha value is -0.530.